The van der Waals surface area contributed by atoms with Crippen molar-refractivity contribution in [2.24, 2.45) is 0 Å². The predicted octanol–water partition coefficient (Wildman–Crippen LogP) is 0.121. The minimum Gasteiger partial charge on any atom is -0.464 e. The van der Waals surface area contributed by atoms with Crippen molar-refractivity contribution in [3.63, 3.8) is 0 Å². The molecule has 4 atom stereocenters. The summed E-state index contributed by atoms with van der Waals surface area (Å²) in [5, 5.41) is 0. The van der Waals surface area contributed by atoms with E-state index in [2.05, 4.69) is 9.72 Å². The first kappa shape index (κ1) is 15.1. The molecule has 1 aromatic heterocycles. The molecule has 3 rings (SSSR count). The molecule has 8 heteroatoms. The average Bonchev–Trinajstić information content (AvgIpc) is 2.53. The van der Waals surface area contributed by atoms with E-state index in [1.807, 2.05) is 6.92 Å². The van der Waals surface area contributed by atoms with Crippen molar-refractivity contribution < 1.29 is 23.7 Å². The molecule has 0 aliphatic carbocycles. The van der Waals surface area contributed by atoms with E-state index in [1.165, 1.54) is 17.9 Å². The van der Waals surface area contributed by atoms with Gasteiger partial charge in [-0.2, -0.15) is 0 Å². The maximum Gasteiger partial charge on any atom is 0.362 e. The van der Waals surface area contributed by atoms with Crippen LogP contribution >= 0.6 is 0 Å². The molecule has 2 saturated heterocycles. The molecule has 2 fully saturated rings. The van der Waals surface area contributed by atoms with E-state index in [-0.39, 0.29) is 30.2 Å². The van der Waals surface area contributed by atoms with Gasteiger partial charge in [0.25, 0.3) is 5.56 Å². The van der Waals surface area contributed by atoms with Crippen molar-refractivity contribution in [3.8, 4) is 0 Å². The maximum absolute atomic E-state index is 12.4. The Hall–Kier alpha value is -1.77. The Bertz CT molecular complexity index is 616. The van der Waals surface area contributed by atoms with E-state index in [9.17, 15) is 9.59 Å². The van der Waals surface area contributed by atoms with Gasteiger partial charge in [-0.15, -0.1) is 0 Å². The highest BCUT2D eigenvalue weighted by Gasteiger charge is 2.38. The highest BCUT2D eigenvalue weighted by Crippen LogP contribution is 2.29. The van der Waals surface area contributed by atoms with Gasteiger partial charge in [-0.05, 0) is 13.3 Å². The monoisotopic (exact) mass is 310 g/mol. The first-order valence-electron chi connectivity index (χ1n) is 7.14. The summed E-state index contributed by atoms with van der Waals surface area (Å²) < 4.78 is 22.9. The fraction of sp³-hybridized carbons (Fsp3) is 0.643. The molecule has 0 N–H and O–H groups in total. The molecule has 0 saturated carbocycles. The van der Waals surface area contributed by atoms with E-state index in [1.54, 1.807) is 6.20 Å². The number of hydrogen-bond donors (Lipinski definition) is 0. The van der Waals surface area contributed by atoms with Crippen LogP contribution in [0.15, 0.2) is 17.2 Å². The van der Waals surface area contributed by atoms with E-state index in [0.29, 0.717) is 19.6 Å². The van der Waals surface area contributed by atoms with Gasteiger partial charge in [0.15, 0.2) is 6.29 Å². The summed E-state index contributed by atoms with van der Waals surface area (Å²) in [7, 11) is 1.21. The lowest BCUT2D eigenvalue weighted by atomic mass is 10.0. The Kier molecular flexibility index (Phi) is 4.23. The van der Waals surface area contributed by atoms with Crippen LogP contribution in [0.1, 0.15) is 29.9 Å². The lowest BCUT2D eigenvalue weighted by molar-refractivity contribution is -0.272. The molecule has 2 aliphatic heterocycles. The number of fused-ring (bicyclic) bond motifs is 1. The molecule has 1 aromatic rings. The molecule has 0 amide bonds. The lowest BCUT2D eigenvalue weighted by Crippen LogP contribution is -2.50. The van der Waals surface area contributed by atoms with Crippen molar-refractivity contribution in [2.75, 3.05) is 20.3 Å². The summed E-state index contributed by atoms with van der Waals surface area (Å²) in [5.41, 5.74) is -0.713. The molecule has 22 heavy (non-hydrogen) atoms. The van der Waals surface area contributed by atoms with E-state index >= 15 is 0 Å². The summed E-state index contributed by atoms with van der Waals surface area (Å²) in [5.74, 6) is -0.745. The van der Waals surface area contributed by atoms with Gasteiger partial charge in [-0.25, -0.2) is 9.78 Å². The number of rotatable bonds is 2. The fourth-order valence-electron chi connectivity index (χ4n) is 2.79. The molecule has 3 heterocycles. The first-order valence-corrected chi connectivity index (χ1v) is 7.14. The number of aromatic nitrogens is 2. The van der Waals surface area contributed by atoms with Crippen LogP contribution in [0.25, 0.3) is 0 Å². The Morgan fingerprint density at radius 1 is 1.36 bits per heavy atom. The van der Waals surface area contributed by atoms with E-state index in [4.69, 9.17) is 14.2 Å². The summed E-state index contributed by atoms with van der Waals surface area (Å²) >= 11 is 0. The number of carbonyl (C=O) groups excluding carboxylic acids is 1. The van der Waals surface area contributed by atoms with Gasteiger partial charge in [0, 0.05) is 12.4 Å². The van der Waals surface area contributed by atoms with Crippen LogP contribution in [-0.2, 0) is 18.9 Å². The SMILES string of the molecule is COC(=O)c1nccn([C@@H]2CO[C@H]3COC(C)O[C@H]3C2)c1=O. The molecule has 0 radical (unpaired) electrons. The van der Waals surface area contributed by atoms with Crippen molar-refractivity contribution in [1.82, 2.24) is 9.55 Å². The Morgan fingerprint density at radius 3 is 2.95 bits per heavy atom. The number of methoxy groups -OCH3 is 1. The van der Waals surface area contributed by atoms with Crippen LogP contribution in [0.2, 0.25) is 0 Å². The maximum atomic E-state index is 12.4. The van der Waals surface area contributed by atoms with Crippen LogP contribution in [0.5, 0.6) is 0 Å². The van der Waals surface area contributed by atoms with E-state index < -0.39 is 11.5 Å². The summed E-state index contributed by atoms with van der Waals surface area (Å²) in [6.07, 6.45) is 3.03. The largest absolute Gasteiger partial charge is 0.464 e. The third-order valence-corrected chi connectivity index (χ3v) is 3.92. The van der Waals surface area contributed by atoms with Gasteiger partial charge in [-0.1, -0.05) is 0 Å². The first-order chi connectivity index (χ1) is 10.6. The van der Waals surface area contributed by atoms with Gasteiger partial charge in [-0.3, -0.25) is 4.79 Å². The van der Waals surface area contributed by atoms with Crippen molar-refractivity contribution in [2.45, 2.75) is 37.9 Å². The van der Waals surface area contributed by atoms with Crippen LogP contribution in [0, 0.1) is 0 Å². The molecule has 2 aliphatic rings. The fourth-order valence-corrected chi connectivity index (χ4v) is 2.79. The Balaban J connectivity index is 1.83. The van der Waals surface area contributed by atoms with Gasteiger partial charge < -0.3 is 23.5 Å². The molecule has 8 nitrogen and oxygen atoms in total. The predicted molar refractivity (Wildman–Crippen MR) is 73.5 cm³/mol. The number of ether oxygens (including phenoxy) is 4. The van der Waals surface area contributed by atoms with Crippen molar-refractivity contribution in [3.05, 3.63) is 28.4 Å². The number of nitrogens with zero attached hydrogens (tertiary/aromatic N) is 2. The minimum atomic E-state index is -0.745. The third-order valence-electron chi connectivity index (χ3n) is 3.92. The average molecular weight is 310 g/mol. The van der Waals surface area contributed by atoms with Crippen LogP contribution < -0.4 is 5.56 Å². The van der Waals surface area contributed by atoms with Crippen LogP contribution in [-0.4, -0.2) is 54.3 Å². The summed E-state index contributed by atoms with van der Waals surface area (Å²) in [4.78, 5) is 27.7. The summed E-state index contributed by atoms with van der Waals surface area (Å²) in [6, 6.07) is -0.217. The third kappa shape index (κ3) is 2.77. The second kappa shape index (κ2) is 6.15. The van der Waals surface area contributed by atoms with Gasteiger partial charge >= 0.3 is 5.97 Å². The zero-order valence-corrected chi connectivity index (χ0v) is 12.4. The lowest BCUT2D eigenvalue weighted by Gasteiger charge is -2.41. The van der Waals surface area contributed by atoms with Gasteiger partial charge in [0.05, 0.1) is 32.5 Å². The molecular formula is C14H18N2O6. The number of hydrogen-bond acceptors (Lipinski definition) is 7. The van der Waals surface area contributed by atoms with E-state index in [0.717, 1.165) is 0 Å². The molecule has 0 bridgehead atoms. The van der Waals surface area contributed by atoms with Crippen molar-refractivity contribution in [1.29, 1.82) is 0 Å². The van der Waals surface area contributed by atoms with Gasteiger partial charge in [0.1, 0.15) is 6.10 Å². The highest BCUT2D eigenvalue weighted by atomic mass is 16.7. The molecule has 0 spiro atoms. The number of carbonyl (C=O) groups is 1. The molecule has 0 aromatic carbocycles. The highest BCUT2D eigenvalue weighted by molar-refractivity contribution is 5.86. The second-order valence-electron chi connectivity index (χ2n) is 5.32. The zero-order valence-electron chi connectivity index (χ0n) is 12.4. The quantitative estimate of drug-likeness (QED) is 0.717. The smallest absolute Gasteiger partial charge is 0.362 e. The molecular weight excluding hydrogens is 292 g/mol. The van der Waals surface area contributed by atoms with Gasteiger partial charge in [0.2, 0.25) is 5.69 Å². The Labute approximate surface area is 126 Å². The topological polar surface area (TPSA) is 88.9 Å². The molecule has 1 unspecified atom stereocenters. The Morgan fingerprint density at radius 2 is 2.18 bits per heavy atom. The second-order valence-corrected chi connectivity index (χ2v) is 5.32. The molecule has 120 valence electrons. The summed E-state index contributed by atoms with van der Waals surface area (Å²) in [6.45, 7) is 2.66. The normalized spacial score (nSPS) is 31.4. The number of esters is 1. The van der Waals surface area contributed by atoms with Crippen molar-refractivity contribution >= 4 is 5.97 Å². The zero-order chi connectivity index (χ0) is 15.7. The van der Waals surface area contributed by atoms with Crippen LogP contribution in [0.3, 0.4) is 0 Å². The standard InChI is InChI=1S/C14H18N2O6/c1-8-20-7-11-10(22-8)5-9(6-21-11)16-4-3-15-12(13(16)17)14(18)19-2/h3-4,8-11H,5-7H2,1-2H3/t8?,9-,10-,11-/m0/s1. The van der Waals surface area contributed by atoms with Crippen LogP contribution in [0.4, 0.5) is 0 Å². The minimum absolute atomic E-state index is 0.120.